The zero-order valence-corrected chi connectivity index (χ0v) is 18.3. The van der Waals surface area contributed by atoms with Crippen LogP contribution >= 0.6 is 11.6 Å². The Kier molecular flexibility index (Phi) is 5.11. The van der Waals surface area contributed by atoms with E-state index < -0.39 is 0 Å². The van der Waals surface area contributed by atoms with Gasteiger partial charge in [0.15, 0.2) is 5.65 Å². The van der Waals surface area contributed by atoms with Crippen LogP contribution in [0.4, 0.5) is 11.5 Å². The van der Waals surface area contributed by atoms with Crippen molar-refractivity contribution in [3.63, 3.8) is 0 Å². The lowest BCUT2D eigenvalue weighted by Crippen LogP contribution is -2.47. The largest absolute Gasteiger partial charge is 0.495 e. The summed E-state index contributed by atoms with van der Waals surface area (Å²) in [7, 11) is 1.69. The van der Waals surface area contributed by atoms with Crippen molar-refractivity contribution in [3.05, 3.63) is 65.6 Å². The monoisotopic (exact) mass is 434 g/mol. The molecule has 4 aromatic rings. The maximum Gasteiger partial charge on any atom is 0.168 e. The molecule has 0 N–H and O–H groups in total. The van der Waals surface area contributed by atoms with Crippen molar-refractivity contribution in [1.29, 1.82) is 0 Å². The second-order valence-electron chi connectivity index (χ2n) is 7.57. The van der Waals surface area contributed by atoms with E-state index in [0.29, 0.717) is 5.02 Å². The molecule has 3 heterocycles. The zero-order chi connectivity index (χ0) is 21.4. The highest BCUT2D eigenvalue weighted by Crippen LogP contribution is 2.33. The van der Waals surface area contributed by atoms with Crippen LogP contribution in [0.1, 0.15) is 5.56 Å². The summed E-state index contributed by atoms with van der Waals surface area (Å²) >= 11 is 6.23. The van der Waals surface area contributed by atoms with Gasteiger partial charge >= 0.3 is 0 Å². The van der Waals surface area contributed by atoms with Crippen LogP contribution in [0.2, 0.25) is 5.02 Å². The summed E-state index contributed by atoms with van der Waals surface area (Å²) in [5.41, 5.74) is 4.02. The Morgan fingerprint density at radius 1 is 0.935 bits per heavy atom. The Balaban J connectivity index is 1.42. The van der Waals surface area contributed by atoms with Gasteiger partial charge in [0.2, 0.25) is 0 Å². The van der Waals surface area contributed by atoms with E-state index in [9.17, 15) is 0 Å². The van der Waals surface area contributed by atoms with Crippen LogP contribution in [-0.2, 0) is 0 Å². The normalized spacial score (nSPS) is 14.3. The number of ether oxygens (including phenoxy) is 1. The van der Waals surface area contributed by atoms with E-state index in [1.165, 1.54) is 0 Å². The Labute approximate surface area is 185 Å². The predicted octanol–water partition coefficient (Wildman–Crippen LogP) is 4.11. The van der Waals surface area contributed by atoms with E-state index in [2.05, 4.69) is 43.9 Å². The number of rotatable bonds is 4. The number of aromatic nitrogens is 4. The molecule has 8 heteroatoms. The van der Waals surface area contributed by atoms with Gasteiger partial charge in [0, 0.05) is 31.2 Å². The molecule has 0 bridgehead atoms. The van der Waals surface area contributed by atoms with E-state index in [-0.39, 0.29) is 0 Å². The van der Waals surface area contributed by atoms with Crippen LogP contribution in [-0.4, -0.2) is 53.0 Å². The molecule has 0 unspecified atom stereocenters. The average molecular weight is 435 g/mol. The molecule has 0 aliphatic carbocycles. The molecule has 0 radical (unpaired) electrons. The average Bonchev–Trinajstić information content (AvgIpc) is 3.23. The summed E-state index contributed by atoms with van der Waals surface area (Å²) < 4.78 is 7.42. The van der Waals surface area contributed by atoms with Crippen molar-refractivity contribution in [2.45, 2.75) is 6.92 Å². The quantitative estimate of drug-likeness (QED) is 0.481. The lowest BCUT2D eigenvalue weighted by molar-refractivity contribution is 0.413. The molecule has 1 saturated heterocycles. The van der Waals surface area contributed by atoms with Gasteiger partial charge < -0.3 is 14.5 Å². The molecule has 1 aliphatic heterocycles. The number of piperazine rings is 1. The Morgan fingerprint density at radius 3 is 2.48 bits per heavy atom. The summed E-state index contributed by atoms with van der Waals surface area (Å²) in [5, 5.41) is 6.29. The molecule has 0 saturated carbocycles. The van der Waals surface area contributed by atoms with Gasteiger partial charge in [0.05, 0.1) is 30.1 Å². The number of anilines is 2. The fourth-order valence-electron chi connectivity index (χ4n) is 4.13. The summed E-state index contributed by atoms with van der Waals surface area (Å²) in [4.78, 5) is 13.7. The molecule has 0 amide bonds. The number of fused-ring (bicyclic) bond motifs is 1. The number of hydrogen-bond donors (Lipinski definition) is 0. The first kappa shape index (κ1) is 19.6. The molecule has 2 aromatic heterocycles. The van der Waals surface area contributed by atoms with Crippen LogP contribution in [0.15, 0.2) is 55.0 Å². The maximum atomic E-state index is 6.23. The molecular formula is C23H23ClN6O. The molecule has 1 aliphatic rings. The molecule has 5 rings (SSSR count). The van der Waals surface area contributed by atoms with Crippen LogP contribution in [0, 0.1) is 6.92 Å². The lowest BCUT2D eigenvalue weighted by Gasteiger charge is -2.37. The fourth-order valence-corrected chi connectivity index (χ4v) is 4.30. The summed E-state index contributed by atoms with van der Waals surface area (Å²) in [5.74, 6) is 1.75. The molecule has 2 aromatic carbocycles. The third-order valence-corrected chi connectivity index (χ3v) is 5.98. The van der Waals surface area contributed by atoms with Crippen LogP contribution in [0.5, 0.6) is 5.75 Å². The fraction of sp³-hybridized carbons (Fsp3) is 0.261. The van der Waals surface area contributed by atoms with Crippen molar-refractivity contribution in [2.24, 2.45) is 0 Å². The first-order valence-electron chi connectivity index (χ1n) is 10.2. The van der Waals surface area contributed by atoms with Crippen molar-refractivity contribution < 1.29 is 4.74 Å². The van der Waals surface area contributed by atoms with E-state index in [1.807, 2.05) is 41.2 Å². The van der Waals surface area contributed by atoms with Gasteiger partial charge in [-0.05, 0) is 36.8 Å². The minimum Gasteiger partial charge on any atom is -0.495 e. The molecule has 0 atom stereocenters. The highest BCUT2D eigenvalue weighted by atomic mass is 35.5. The van der Waals surface area contributed by atoms with Crippen LogP contribution < -0.4 is 14.5 Å². The van der Waals surface area contributed by atoms with Gasteiger partial charge in [-0.3, -0.25) is 0 Å². The summed E-state index contributed by atoms with van der Waals surface area (Å²) in [6.45, 7) is 5.42. The first-order valence-corrected chi connectivity index (χ1v) is 10.6. The van der Waals surface area contributed by atoms with Crippen LogP contribution in [0.3, 0.4) is 0 Å². The number of benzene rings is 2. The SMILES string of the molecule is COc1ccc(Cl)cc1N1CCN(c2ncnc3c2cnn3-c2ccccc2C)CC1. The zero-order valence-electron chi connectivity index (χ0n) is 17.5. The minimum atomic E-state index is 0.708. The number of halogens is 1. The van der Waals surface area contributed by atoms with Crippen molar-refractivity contribution in [1.82, 2.24) is 19.7 Å². The van der Waals surface area contributed by atoms with Crippen molar-refractivity contribution in [3.8, 4) is 11.4 Å². The van der Waals surface area contributed by atoms with Gasteiger partial charge in [0.1, 0.15) is 17.9 Å². The maximum absolute atomic E-state index is 6.23. The number of methoxy groups -OCH3 is 1. The Morgan fingerprint density at radius 2 is 1.71 bits per heavy atom. The molecule has 158 valence electrons. The second kappa shape index (κ2) is 8.07. The third-order valence-electron chi connectivity index (χ3n) is 5.75. The topological polar surface area (TPSA) is 59.3 Å². The standard InChI is InChI=1S/C23H23ClN6O/c1-16-5-3-4-6-19(16)30-23-18(14-27-30)22(25-15-26-23)29-11-9-28(10-12-29)20-13-17(24)7-8-21(20)31-2/h3-8,13-15H,9-12H2,1-2H3. The Hall–Kier alpha value is -3.32. The lowest BCUT2D eigenvalue weighted by atomic mass is 10.2. The number of para-hydroxylation sites is 1. The smallest absolute Gasteiger partial charge is 0.168 e. The van der Waals surface area contributed by atoms with Gasteiger partial charge in [-0.15, -0.1) is 0 Å². The number of nitrogens with zero attached hydrogens (tertiary/aromatic N) is 6. The van der Waals surface area contributed by atoms with Gasteiger partial charge in [-0.25, -0.2) is 14.6 Å². The molecule has 31 heavy (non-hydrogen) atoms. The summed E-state index contributed by atoms with van der Waals surface area (Å²) in [6, 6.07) is 13.9. The summed E-state index contributed by atoms with van der Waals surface area (Å²) in [6.07, 6.45) is 3.49. The van der Waals surface area contributed by atoms with Gasteiger partial charge in [-0.2, -0.15) is 5.10 Å². The molecule has 0 spiro atoms. The van der Waals surface area contributed by atoms with Crippen LogP contribution in [0.25, 0.3) is 16.7 Å². The minimum absolute atomic E-state index is 0.708. The van der Waals surface area contributed by atoms with Crippen molar-refractivity contribution in [2.75, 3.05) is 43.1 Å². The first-order chi connectivity index (χ1) is 15.2. The van der Waals surface area contributed by atoms with E-state index in [1.54, 1.807) is 13.4 Å². The predicted molar refractivity (Wildman–Crippen MR) is 124 cm³/mol. The number of hydrogen-bond acceptors (Lipinski definition) is 6. The van der Waals surface area contributed by atoms with Gasteiger partial charge in [0.25, 0.3) is 0 Å². The Bertz CT molecular complexity index is 1230. The molecular weight excluding hydrogens is 412 g/mol. The molecule has 1 fully saturated rings. The highest BCUT2D eigenvalue weighted by molar-refractivity contribution is 6.30. The van der Waals surface area contributed by atoms with Gasteiger partial charge in [-0.1, -0.05) is 29.8 Å². The highest BCUT2D eigenvalue weighted by Gasteiger charge is 2.23. The molecule has 7 nitrogen and oxygen atoms in total. The van der Waals surface area contributed by atoms with E-state index >= 15 is 0 Å². The third kappa shape index (κ3) is 3.55. The van der Waals surface area contributed by atoms with E-state index in [0.717, 1.165) is 65.7 Å². The number of aryl methyl sites for hydroxylation is 1. The van der Waals surface area contributed by atoms with E-state index in [4.69, 9.17) is 16.3 Å². The van der Waals surface area contributed by atoms with Crippen molar-refractivity contribution >= 4 is 34.1 Å². The second-order valence-corrected chi connectivity index (χ2v) is 8.00.